The molecule has 0 unspecified atom stereocenters. The average molecular weight is 325 g/mol. The molecule has 4 nitrogen and oxygen atoms in total. The van der Waals surface area contributed by atoms with Crippen LogP contribution in [0.5, 0.6) is 11.5 Å². The first-order valence-electron chi connectivity index (χ1n) is 7.73. The SMILES string of the molecule is COc1ccc(/C(=C/Nc2ccc(C)c(C)c2)C(C)=O)cc1OC. The lowest BCUT2D eigenvalue weighted by Crippen LogP contribution is -2.01. The van der Waals surface area contributed by atoms with E-state index in [1.165, 1.54) is 11.1 Å². The summed E-state index contributed by atoms with van der Waals surface area (Å²) in [6.45, 7) is 5.68. The molecule has 0 aliphatic carbocycles. The molecular weight excluding hydrogens is 302 g/mol. The van der Waals surface area contributed by atoms with E-state index < -0.39 is 0 Å². The van der Waals surface area contributed by atoms with Crippen LogP contribution in [0.1, 0.15) is 23.6 Å². The molecule has 2 aromatic rings. The van der Waals surface area contributed by atoms with Crippen LogP contribution in [0.2, 0.25) is 0 Å². The first-order chi connectivity index (χ1) is 11.5. The Morgan fingerprint density at radius 1 is 0.958 bits per heavy atom. The summed E-state index contributed by atoms with van der Waals surface area (Å²) in [6, 6.07) is 11.5. The number of rotatable bonds is 6. The van der Waals surface area contributed by atoms with Gasteiger partial charge in [0.05, 0.1) is 14.2 Å². The number of benzene rings is 2. The van der Waals surface area contributed by atoms with E-state index in [-0.39, 0.29) is 5.78 Å². The monoisotopic (exact) mass is 325 g/mol. The number of anilines is 1. The molecule has 24 heavy (non-hydrogen) atoms. The molecule has 0 radical (unpaired) electrons. The largest absolute Gasteiger partial charge is 0.493 e. The molecular formula is C20H23NO3. The van der Waals surface area contributed by atoms with Crippen LogP contribution in [-0.4, -0.2) is 20.0 Å². The molecule has 0 saturated heterocycles. The fourth-order valence-electron chi connectivity index (χ4n) is 2.38. The van der Waals surface area contributed by atoms with Crippen molar-refractivity contribution in [2.45, 2.75) is 20.8 Å². The van der Waals surface area contributed by atoms with Crippen LogP contribution >= 0.6 is 0 Å². The zero-order chi connectivity index (χ0) is 17.7. The molecule has 4 heteroatoms. The number of carbonyl (C=O) groups excluding carboxylic acids is 1. The summed E-state index contributed by atoms with van der Waals surface area (Å²) in [6.07, 6.45) is 1.73. The van der Waals surface area contributed by atoms with Crippen molar-refractivity contribution in [1.29, 1.82) is 0 Å². The molecule has 0 aliphatic heterocycles. The van der Waals surface area contributed by atoms with Crippen molar-refractivity contribution in [3.05, 3.63) is 59.3 Å². The lowest BCUT2D eigenvalue weighted by atomic mass is 10.0. The van der Waals surface area contributed by atoms with Gasteiger partial charge in [-0.3, -0.25) is 4.79 Å². The van der Waals surface area contributed by atoms with Gasteiger partial charge in [0.25, 0.3) is 0 Å². The molecule has 2 rings (SSSR count). The summed E-state index contributed by atoms with van der Waals surface area (Å²) in [5, 5.41) is 3.20. The Hall–Kier alpha value is -2.75. The maximum atomic E-state index is 12.1. The van der Waals surface area contributed by atoms with Crippen LogP contribution in [0.3, 0.4) is 0 Å². The fraction of sp³-hybridized carbons (Fsp3) is 0.250. The molecule has 0 atom stereocenters. The molecule has 0 amide bonds. The van der Waals surface area contributed by atoms with Gasteiger partial charge >= 0.3 is 0 Å². The minimum atomic E-state index is -0.0291. The number of hydrogen-bond donors (Lipinski definition) is 1. The van der Waals surface area contributed by atoms with E-state index in [9.17, 15) is 4.79 Å². The Kier molecular flexibility index (Phi) is 5.64. The second kappa shape index (κ2) is 7.68. The zero-order valence-corrected chi connectivity index (χ0v) is 14.8. The number of aryl methyl sites for hydroxylation is 2. The number of Topliss-reactive ketones (excluding diaryl/α,β-unsaturated/α-hetero) is 1. The van der Waals surface area contributed by atoms with Crippen LogP contribution < -0.4 is 14.8 Å². The summed E-state index contributed by atoms with van der Waals surface area (Å²) in [5.41, 5.74) is 4.73. The number of ether oxygens (including phenoxy) is 2. The first kappa shape index (κ1) is 17.6. The quantitative estimate of drug-likeness (QED) is 0.802. The van der Waals surface area contributed by atoms with E-state index in [2.05, 4.69) is 31.3 Å². The minimum absolute atomic E-state index is 0.0291. The lowest BCUT2D eigenvalue weighted by molar-refractivity contribution is -0.111. The van der Waals surface area contributed by atoms with Gasteiger partial charge in [0.15, 0.2) is 17.3 Å². The number of nitrogens with one attached hydrogen (secondary N) is 1. The Morgan fingerprint density at radius 3 is 2.25 bits per heavy atom. The maximum Gasteiger partial charge on any atom is 0.161 e. The van der Waals surface area contributed by atoms with Crippen molar-refractivity contribution in [2.75, 3.05) is 19.5 Å². The zero-order valence-electron chi connectivity index (χ0n) is 14.8. The van der Waals surface area contributed by atoms with Crippen molar-refractivity contribution >= 4 is 17.0 Å². The van der Waals surface area contributed by atoms with Gasteiger partial charge in [0.1, 0.15) is 0 Å². The van der Waals surface area contributed by atoms with Crippen molar-refractivity contribution in [2.24, 2.45) is 0 Å². The molecule has 0 heterocycles. The van der Waals surface area contributed by atoms with Gasteiger partial charge in [-0.2, -0.15) is 0 Å². The molecule has 0 saturated carbocycles. The van der Waals surface area contributed by atoms with Crippen molar-refractivity contribution < 1.29 is 14.3 Å². The third-order valence-electron chi connectivity index (χ3n) is 3.96. The first-order valence-corrected chi connectivity index (χ1v) is 7.73. The second-order valence-corrected chi connectivity index (χ2v) is 5.63. The van der Waals surface area contributed by atoms with Crippen molar-refractivity contribution in [3.8, 4) is 11.5 Å². The number of carbonyl (C=O) groups is 1. The van der Waals surface area contributed by atoms with Crippen molar-refractivity contribution in [3.63, 3.8) is 0 Å². The Morgan fingerprint density at radius 2 is 1.67 bits per heavy atom. The van der Waals surface area contributed by atoms with E-state index in [1.54, 1.807) is 39.5 Å². The van der Waals surface area contributed by atoms with Gasteiger partial charge in [0, 0.05) is 17.5 Å². The predicted molar refractivity (Wildman–Crippen MR) is 97.7 cm³/mol. The molecule has 0 aliphatic rings. The molecule has 0 aromatic heterocycles. The number of ketones is 1. The highest BCUT2D eigenvalue weighted by Crippen LogP contribution is 2.30. The highest BCUT2D eigenvalue weighted by atomic mass is 16.5. The van der Waals surface area contributed by atoms with E-state index in [0.717, 1.165) is 11.3 Å². The summed E-state index contributed by atoms with van der Waals surface area (Å²) in [5.74, 6) is 1.19. The number of hydrogen-bond acceptors (Lipinski definition) is 4. The second-order valence-electron chi connectivity index (χ2n) is 5.63. The van der Waals surface area contributed by atoms with Crippen LogP contribution in [0, 0.1) is 13.8 Å². The lowest BCUT2D eigenvalue weighted by Gasteiger charge is -2.11. The smallest absolute Gasteiger partial charge is 0.161 e. The van der Waals surface area contributed by atoms with Crippen LogP contribution in [0.15, 0.2) is 42.6 Å². The summed E-state index contributed by atoms with van der Waals surface area (Å²) in [7, 11) is 3.16. The van der Waals surface area contributed by atoms with Crippen LogP contribution in [0.25, 0.3) is 5.57 Å². The Balaban J connectivity index is 2.35. The van der Waals surface area contributed by atoms with Gasteiger partial charge in [0.2, 0.25) is 0 Å². The predicted octanol–water partition coefficient (Wildman–Crippen LogP) is 4.36. The molecule has 0 bridgehead atoms. The van der Waals surface area contributed by atoms with E-state index in [4.69, 9.17) is 9.47 Å². The third-order valence-corrected chi connectivity index (χ3v) is 3.96. The third kappa shape index (κ3) is 3.96. The topological polar surface area (TPSA) is 47.6 Å². The van der Waals surface area contributed by atoms with Crippen molar-refractivity contribution in [1.82, 2.24) is 0 Å². The number of methoxy groups -OCH3 is 2. The minimum Gasteiger partial charge on any atom is -0.493 e. The summed E-state index contributed by atoms with van der Waals surface area (Å²) in [4.78, 5) is 12.1. The molecule has 126 valence electrons. The highest BCUT2D eigenvalue weighted by molar-refractivity contribution is 6.19. The standard InChI is InChI=1S/C20H23NO3/c1-13-6-8-17(10-14(13)2)21-12-18(15(3)22)16-7-9-19(23-4)20(11-16)24-5/h6-12,21H,1-5H3/b18-12+. The summed E-state index contributed by atoms with van der Waals surface area (Å²) >= 11 is 0. The molecule has 0 spiro atoms. The number of allylic oxidation sites excluding steroid dienone is 1. The van der Waals surface area contributed by atoms with E-state index in [0.29, 0.717) is 17.1 Å². The Labute approximate surface area is 143 Å². The summed E-state index contributed by atoms with van der Waals surface area (Å²) < 4.78 is 10.6. The van der Waals surface area contributed by atoms with Gasteiger partial charge in [-0.25, -0.2) is 0 Å². The Bertz CT molecular complexity index is 778. The van der Waals surface area contributed by atoms with Gasteiger partial charge < -0.3 is 14.8 Å². The van der Waals surface area contributed by atoms with Gasteiger partial charge in [-0.05, 0) is 61.7 Å². The van der Waals surface area contributed by atoms with E-state index in [1.807, 2.05) is 12.1 Å². The van der Waals surface area contributed by atoms with Crippen LogP contribution in [-0.2, 0) is 4.79 Å². The average Bonchev–Trinajstić information content (AvgIpc) is 2.57. The maximum absolute atomic E-state index is 12.1. The molecule has 1 N–H and O–H groups in total. The van der Waals surface area contributed by atoms with E-state index >= 15 is 0 Å². The normalized spacial score (nSPS) is 11.1. The highest BCUT2D eigenvalue weighted by Gasteiger charge is 2.11. The molecule has 0 fully saturated rings. The fourth-order valence-corrected chi connectivity index (χ4v) is 2.38. The van der Waals surface area contributed by atoms with Crippen LogP contribution in [0.4, 0.5) is 5.69 Å². The molecule has 2 aromatic carbocycles. The van der Waals surface area contributed by atoms with Gasteiger partial charge in [-0.15, -0.1) is 0 Å². The van der Waals surface area contributed by atoms with Gasteiger partial charge in [-0.1, -0.05) is 12.1 Å².